The lowest BCUT2D eigenvalue weighted by Gasteiger charge is -2.60. The summed E-state index contributed by atoms with van der Waals surface area (Å²) in [6, 6.07) is 0. The number of aliphatic hydroxyl groups is 1. The second kappa shape index (κ2) is 6.61. The summed E-state index contributed by atoms with van der Waals surface area (Å²) in [4.78, 5) is 12.9. The Labute approximate surface area is 160 Å². The molecule has 5 aliphatic carbocycles. The van der Waals surface area contributed by atoms with Gasteiger partial charge in [-0.1, -0.05) is 27.7 Å². The highest BCUT2D eigenvalue weighted by atomic mass is 16.3. The standard InChI is InChI=1S/C22H34O2.C2H6/c1-21-9-7-15(23)11-14(21)5-6-16-18(21)8-10-22(2)19(24)12-17(20(16)22)13-3-4-13;1-2/h13-18,20,23H,3-12H2,1-2H3;1-2H3. The first-order chi connectivity index (χ1) is 12.4. The van der Waals surface area contributed by atoms with Gasteiger partial charge in [0.25, 0.3) is 0 Å². The van der Waals surface area contributed by atoms with E-state index in [9.17, 15) is 9.90 Å². The van der Waals surface area contributed by atoms with Crippen molar-refractivity contribution in [1.29, 1.82) is 0 Å². The maximum absolute atomic E-state index is 12.9. The van der Waals surface area contributed by atoms with Crippen molar-refractivity contribution in [3.05, 3.63) is 0 Å². The molecule has 0 aromatic carbocycles. The van der Waals surface area contributed by atoms with Crippen LogP contribution in [0.1, 0.15) is 91.9 Å². The van der Waals surface area contributed by atoms with Crippen LogP contribution in [-0.4, -0.2) is 17.0 Å². The summed E-state index contributed by atoms with van der Waals surface area (Å²) in [5, 5.41) is 10.2. The van der Waals surface area contributed by atoms with Gasteiger partial charge in [-0.25, -0.2) is 0 Å². The summed E-state index contributed by atoms with van der Waals surface area (Å²) in [6.07, 6.45) is 11.9. The summed E-state index contributed by atoms with van der Waals surface area (Å²) in [7, 11) is 0. The van der Waals surface area contributed by atoms with E-state index in [0.717, 1.165) is 49.4 Å². The number of ketones is 1. The van der Waals surface area contributed by atoms with Gasteiger partial charge in [-0.05, 0) is 98.7 Å². The third-order valence-electron chi connectivity index (χ3n) is 9.64. The predicted octanol–water partition coefficient (Wildman–Crippen LogP) is 5.62. The molecule has 2 nitrogen and oxygen atoms in total. The van der Waals surface area contributed by atoms with Gasteiger partial charge in [-0.15, -0.1) is 0 Å². The molecule has 26 heavy (non-hydrogen) atoms. The Kier molecular flexibility index (Phi) is 4.82. The van der Waals surface area contributed by atoms with Crippen LogP contribution >= 0.6 is 0 Å². The van der Waals surface area contributed by atoms with Gasteiger partial charge in [-0.2, -0.15) is 0 Å². The van der Waals surface area contributed by atoms with E-state index in [0.29, 0.717) is 23.0 Å². The van der Waals surface area contributed by atoms with Gasteiger partial charge >= 0.3 is 0 Å². The molecule has 0 saturated heterocycles. The molecule has 1 N–H and O–H groups in total. The molecule has 0 bridgehead atoms. The Morgan fingerprint density at radius 2 is 1.65 bits per heavy atom. The molecule has 5 fully saturated rings. The first kappa shape index (κ1) is 19.0. The Morgan fingerprint density at radius 3 is 2.35 bits per heavy atom. The van der Waals surface area contributed by atoms with Gasteiger partial charge in [0.1, 0.15) is 5.78 Å². The highest BCUT2D eigenvalue weighted by molar-refractivity contribution is 5.87. The molecule has 8 atom stereocenters. The minimum Gasteiger partial charge on any atom is -0.393 e. The zero-order valence-electron chi connectivity index (χ0n) is 17.5. The van der Waals surface area contributed by atoms with Crippen LogP contribution in [0.4, 0.5) is 0 Å². The van der Waals surface area contributed by atoms with Crippen LogP contribution in [0.15, 0.2) is 0 Å². The molecule has 5 saturated carbocycles. The van der Waals surface area contributed by atoms with Crippen molar-refractivity contribution in [1.82, 2.24) is 0 Å². The van der Waals surface area contributed by atoms with Gasteiger partial charge in [0.2, 0.25) is 0 Å². The summed E-state index contributed by atoms with van der Waals surface area (Å²) >= 11 is 0. The second-order valence-electron chi connectivity index (χ2n) is 10.6. The number of carbonyl (C=O) groups excluding carboxylic acids is 1. The fourth-order valence-corrected chi connectivity index (χ4v) is 8.16. The quantitative estimate of drug-likeness (QED) is 0.659. The van der Waals surface area contributed by atoms with Crippen LogP contribution in [0.3, 0.4) is 0 Å². The van der Waals surface area contributed by atoms with Gasteiger partial charge in [0, 0.05) is 11.8 Å². The number of hydrogen-bond acceptors (Lipinski definition) is 2. The molecule has 148 valence electrons. The van der Waals surface area contributed by atoms with Crippen LogP contribution in [0.25, 0.3) is 0 Å². The zero-order chi connectivity index (χ0) is 18.7. The van der Waals surface area contributed by atoms with E-state index in [2.05, 4.69) is 13.8 Å². The Bertz CT molecular complexity index is 552. The second-order valence-corrected chi connectivity index (χ2v) is 10.6. The maximum Gasteiger partial charge on any atom is 0.139 e. The molecule has 0 spiro atoms. The van der Waals surface area contributed by atoms with Crippen molar-refractivity contribution < 1.29 is 9.90 Å². The highest BCUT2D eigenvalue weighted by Crippen LogP contribution is 2.68. The van der Waals surface area contributed by atoms with E-state index in [1.807, 2.05) is 13.8 Å². The first-order valence-electron chi connectivity index (χ1n) is 11.6. The van der Waals surface area contributed by atoms with E-state index in [4.69, 9.17) is 0 Å². The van der Waals surface area contributed by atoms with Crippen molar-refractivity contribution in [3.63, 3.8) is 0 Å². The van der Waals surface area contributed by atoms with Crippen LogP contribution in [0, 0.1) is 46.3 Å². The molecule has 8 unspecified atom stereocenters. The molecular weight excluding hydrogens is 320 g/mol. The molecular formula is C24H40O2. The monoisotopic (exact) mass is 360 g/mol. The molecule has 5 aliphatic rings. The summed E-state index contributed by atoms with van der Waals surface area (Å²) in [5.74, 6) is 5.20. The summed E-state index contributed by atoms with van der Waals surface area (Å²) < 4.78 is 0. The predicted molar refractivity (Wildman–Crippen MR) is 106 cm³/mol. The number of carbonyl (C=O) groups is 1. The van der Waals surface area contributed by atoms with Gasteiger partial charge in [0.15, 0.2) is 0 Å². The Balaban J connectivity index is 0.000000814. The summed E-state index contributed by atoms with van der Waals surface area (Å²) in [5.41, 5.74) is 0.439. The average Bonchev–Trinajstić information content (AvgIpc) is 3.43. The third-order valence-corrected chi connectivity index (χ3v) is 9.64. The van der Waals surface area contributed by atoms with E-state index >= 15 is 0 Å². The molecule has 0 radical (unpaired) electrons. The Hall–Kier alpha value is -0.370. The van der Waals surface area contributed by atoms with E-state index in [-0.39, 0.29) is 11.5 Å². The number of Topliss-reactive ketones (excluding diaryl/α,β-unsaturated/α-hetero) is 1. The average molecular weight is 361 g/mol. The molecule has 0 amide bonds. The van der Waals surface area contributed by atoms with Crippen LogP contribution < -0.4 is 0 Å². The Morgan fingerprint density at radius 1 is 0.923 bits per heavy atom. The SMILES string of the molecule is CC.CC12CCC3C(CCC4CC(O)CCC43C)C1C(C1CC1)CC2=O. The summed E-state index contributed by atoms with van der Waals surface area (Å²) in [6.45, 7) is 8.88. The molecule has 2 heteroatoms. The largest absolute Gasteiger partial charge is 0.393 e. The molecule has 0 heterocycles. The fourth-order valence-electron chi connectivity index (χ4n) is 8.16. The molecule has 0 aliphatic heterocycles. The minimum absolute atomic E-state index is 0.00575. The normalized spacial score (nSPS) is 53.0. The number of aliphatic hydroxyl groups excluding tert-OH is 1. The highest BCUT2D eigenvalue weighted by Gasteiger charge is 2.64. The van der Waals surface area contributed by atoms with Gasteiger partial charge in [-0.3, -0.25) is 4.79 Å². The van der Waals surface area contributed by atoms with Crippen LogP contribution in [-0.2, 0) is 4.79 Å². The maximum atomic E-state index is 12.9. The van der Waals surface area contributed by atoms with E-state index < -0.39 is 0 Å². The first-order valence-corrected chi connectivity index (χ1v) is 11.6. The van der Waals surface area contributed by atoms with Crippen molar-refractivity contribution in [2.45, 2.75) is 98.0 Å². The number of rotatable bonds is 1. The molecule has 0 aromatic heterocycles. The minimum atomic E-state index is -0.0549. The lowest BCUT2D eigenvalue weighted by molar-refractivity contribution is -0.145. The van der Waals surface area contributed by atoms with Gasteiger partial charge in [0.05, 0.1) is 6.10 Å². The van der Waals surface area contributed by atoms with E-state index in [1.165, 1.54) is 38.5 Å². The number of fused-ring (bicyclic) bond motifs is 5. The van der Waals surface area contributed by atoms with E-state index in [1.54, 1.807) is 0 Å². The fraction of sp³-hybridized carbons (Fsp3) is 0.958. The third kappa shape index (κ3) is 2.65. The lowest BCUT2D eigenvalue weighted by atomic mass is 9.44. The topological polar surface area (TPSA) is 37.3 Å². The van der Waals surface area contributed by atoms with Crippen molar-refractivity contribution in [3.8, 4) is 0 Å². The molecule has 5 rings (SSSR count). The van der Waals surface area contributed by atoms with Crippen molar-refractivity contribution in [2.75, 3.05) is 0 Å². The smallest absolute Gasteiger partial charge is 0.139 e. The van der Waals surface area contributed by atoms with Crippen molar-refractivity contribution >= 4 is 5.78 Å². The lowest BCUT2D eigenvalue weighted by Crippen LogP contribution is -2.54. The molecule has 0 aromatic rings. The zero-order valence-corrected chi connectivity index (χ0v) is 17.5. The van der Waals surface area contributed by atoms with Gasteiger partial charge < -0.3 is 5.11 Å². The number of hydrogen-bond donors (Lipinski definition) is 1. The van der Waals surface area contributed by atoms with Crippen molar-refractivity contribution in [2.24, 2.45) is 46.3 Å². The van der Waals surface area contributed by atoms with Crippen LogP contribution in [0.2, 0.25) is 0 Å². The van der Waals surface area contributed by atoms with Crippen LogP contribution in [0.5, 0.6) is 0 Å².